The zero-order chi connectivity index (χ0) is 32.3. The van der Waals surface area contributed by atoms with Gasteiger partial charge >= 0.3 is 0 Å². The fourth-order valence-corrected chi connectivity index (χ4v) is 7.28. The summed E-state index contributed by atoms with van der Waals surface area (Å²) < 4.78 is 6.67. The molecule has 0 unspecified atom stereocenters. The first-order valence-corrected chi connectivity index (χ1v) is 16.6. The first-order chi connectivity index (χ1) is 24.3. The van der Waals surface area contributed by atoms with E-state index >= 15 is 0 Å². The van der Waals surface area contributed by atoms with Crippen LogP contribution in [0.3, 0.4) is 0 Å². The molecule has 0 atom stereocenters. The quantitative estimate of drug-likeness (QED) is 0.196. The van der Waals surface area contributed by atoms with Gasteiger partial charge in [0.15, 0.2) is 5.82 Å². The standard InChI is InChI=1S/C46H28N2O/c1-2-12-32(13-3-1)45-38-18-8-9-20-41(38)47-46(48-45)35-26-39(44-40-25-33-14-4-5-15-34(33)27-42(40)49-43(44)28-35)31-23-21-30(22-24-31)37-19-10-16-29-11-6-7-17-36(29)37/h1-28H. The van der Waals surface area contributed by atoms with Gasteiger partial charge in [0.1, 0.15) is 11.2 Å². The highest BCUT2D eigenvalue weighted by molar-refractivity contribution is 6.16. The lowest BCUT2D eigenvalue weighted by Crippen LogP contribution is -1.95. The lowest BCUT2D eigenvalue weighted by atomic mass is 9.93. The molecule has 10 aromatic rings. The Morgan fingerprint density at radius 1 is 0.367 bits per heavy atom. The zero-order valence-corrected chi connectivity index (χ0v) is 26.5. The first-order valence-electron chi connectivity index (χ1n) is 16.6. The number of rotatable bonds is 4. The molecule has 2 aromatic heterocycles. The monoisotopic (exact) mass is 624 g/mol. The molecular weight excluding hydrogens is 597 g/mol. The number of fused-ring (bicyclic) bond motifs is 6. The molecule has 0 saturated carbocycles. The van der Waals surface area contributed by atoms with Crippen molar-refractivity contribution < 1.29 is 4.42 Å². The molecule has 49 heavy (non-hydrogen) atoms. The topological polar surface area (TPSA) is 38.9 Å². The van der Waals surface area contributed by atoms with Crippen molar-refractivity contribution in [1.29, 1.82) is 0 Å². The van der Waals surface area contributed by atoms with Crippen LogP contribution < -0.4 is 0 Å². The second-order valence-corrected chi connectivity index (χ2v) is 12.6. The number of furan rings is 1. The van der Waals surface area contributed by atoms with Gasteiger partial charge in [-0.05, 0) is 74.1 Å². The molecule has 0 N–H and O–H groups in total. The molecule has 0 saturated heterocycles. The minimum Gasteiger partial charge on any atom is -0.456 e. The molecule has 0 spiro atoms. The van der Waals surface area contributed by atoms with Crippen molar-refractivity contribution in [2.45, 2.75) is 0 Å². The average Bonchev–Trinajstić information content (AvgIpc) is 3.53. The molecule has 3 heteroatoms. The van der Waals surface area contributed by atoms with Crippen molar-refractivity contribution in [1.82, 2.24) is 9.97 Å². The van der Waals surface area contributed by atoms with Crippen molar-refractivity contribution in [3.63, 3.8) is 0 Å². The Hall–Kier alpha value is -6.58. The molecule has 8 aromatic carbocycles. The molecule has 3 nitrogen and oxygen atoms in total. The van der Waals surface area contributed by atoms with Crippen molar-refractivity contribution in [3.8, 4) is 44.9 Å². The highest BCUT2D eigenvalue weighted by Gasteiger charge is 2.19. The second kappa shape index (κ2) is 11.0. The van der Waals surface area contributed by atoms with Crippen LogP contribution in [0.2, 0.25) is 0 Å². The number of hydrogen-bond acceptors (Lipinski definition) is 3. The summed E-state index contributed by atoms with van der Waals surface area (Å²) in [5.41, 5.74) is 10.1. The molecule has 10 rings (SSSR count). The van der Waals surface area contributed by atoms with E-state index < -0.39 is 0 Å². The van der Waals surface area contributed by atoms with Gasteiger partial charge < -0.3 is 4.42 Å². The second-order valence-electron chi connectivity index (χ2n) is 12.6. The van der Waals surface area contributed by atoms with E-state index in [9.17, 15) is 0 Å². The molecule has 0 aliphatic heterocycles. The summed E-state index contributed by atoms with van der Waals surface area (Å²) in [7, 11) is 0. The molecule has 228 valence electrons. The van der Waals surface area contributed by atoms with Crippen LogP contribution in [0, 0.1) is 0 Å². The Kier molecular flexibility index (Phi) is 6.18. The molecular formula is C46H28N2O. The number of nitrogens with zero attached hydrogens (tertiary/aromatic N) is 2. The van der Waals surface area contributed by atoms with E-state index in [4.69, 9.17) is 14.4 Å². The van der Waals surface area contributed by atoms with E-state index in [2.05, 4.69) is 152 Å². The third-order valence-electron chi connectivity index (χ3n) is 9.64. The predicted octanol–water partition coefficient (Wildman–Crippen LogP) is 12.5. The summed E-state index contributed by atoms with van der Waals surface area (Å²) >= 11 is 0. The molecule has 0 aliphatic rings. The van der Waals surface area contributed by atoms with Gasteiger partial charge in [0.25, 0.3) is 0 Å². The summed E-state index contributed by atoms with van der Waals surface area (Å²) in [5, 5.41) is 8.03. The van der Waals surface area contributed by atoms with Gasteiger partial charge in [0, 0.05) is 27.3 Å². The number of para-hydroxylation sites is 1. The summed E-state index contributed by atoms with van der Waals surface area (Å²) in [6.07, 6.45) is 0. The molecule has 0 aliphatic carbocycles. The SMILES string of the molecule is c1ccc(-c2nc(-c3cc(-c4ccc(-c5cccc6ccccc56)cc4)c4c(c3)oc3cc5ccccc5cc34)nc3ccccc23)cc1. The largest absolute Gasteiger partial charge is 0.456 e. The minimum absolute atomic E-state index is 0.665. The lowest BCUT2D eigenvalue weighted by molar-refractivity contribution is 0.669. The van der Waals surface area contributed by atoms with Gasteiger partial charge in [-0.3, -0.25) is 0 Å². The smallest absolute Gasteiger partial charge is 0.160 e. The van der Waals surface area contributed by atoms with E-state index in [1.807, 2.05) is 18.2 Å². The van der Waals surface area contributed by atoms with E-state index in [1.54, 1.807) is 0 Å². The van der Waals surface area contributed by atoms with Crippen molar-refractivity contribution >= 4 is 54.4 Å². The third-order valence-corrected chi connectivity index (χ3v) is 9.64. The molecule has 2 heterocycles. The Morgan fingerprint density at radius 3 is 1.84 bits per heavy atom. The third kappa shape index (κ3) is 4.59. The highest BCUT2D eigenvalue weighted by Crippen LogP contribution is 2.42. The number of aromatic nitrogens is 2. The van der Waals surface area contributed by atoms with Gasteiger partial charge in [0.05, 0.1) is 11.2 Å². The Bertz CT molecular complexity index is 2860. The van der Waals surface area contributed by atoms with E-state index in [0.717, 1.165) is 66.2 Å². The highest BCUT2D eigenvalue weighted by atomic mass is 16.3. The van der Waals surface area contributed by atoms with Crippen LogP contribution in [0.5, 0.6) is 0 Å². The van der Waals surface area contributed by atoms with Crippen LogP contribution in [-0.2, 0) is 0 Å². The molecule has 0 radical (unpaired) electrons. The summed E-state index contributed by atoms with van der Waals surface area (Å²) in [6, 6.07) is 59.7. The van der Waals surface area contributed by atoms with Crippen molar-refractivity contribution in [2.24, 2.45) is 0 Å². The van der Waals surface area contributed by atoms with Crippen LogP contribution in [0.25, 0.3) is 99.3 Å². The zero-order valence-electron chi connectivity index (χ0n) is 26.5. The predicted molar refractivity (Wildman–Crippen MR) is 204 cm³/mol. The van der Waals surface area contributed by atoms with Gasteiger partial charge in [-0.2, -0.15) is 0 Å². The first kappa shape index (κ1) is 27.5. The van der Waals surface area contributed by atoms with Crippen LogP contribution in [-0.4, -0.2) is 9.97 Å². The fraction of sp³-hybridized carbons (Fsp3) is 0. The van der Waals surface area contributed by atoms with Crippen molar-refractivity contribution in [2.75, 3.05) is 0 Å². The summed E-state index contributed by atoms with van der Waals surface area (Å²) in [4.78, 5) is 10.3. The Labute approximate surface area is 282 Å². The van der Waals surface area contributed by atoms with Gasteiger partial charge in [0.2, 0.25) is 0 Å². The molecule has 0 fully saturated rings. The maximum atomic E-state index is 6.67. The maximum Gasteiger partial charge on any atom is 0.160 e. The van der Waals surface area contributed by atoms with E-state index in [-0.39, 0.29) is 0 Å². The summed E-state index contributed by atoms with van der Waals surface area (Å²) in [6.45, 7) is 0. The molecule has 0 amide bonds. The van der Waals surface area contributed by atoms with Gasteiger partial charge in [-0.15, -0.1) is 0 Å². The Morgan fingerprint density at radius 2 is 1.02 bits per heavy atom. The molecule has 0 bridgehead atoms. The van der Waals surface area contributed by atoms with Crippen LogP contribution >= 0.6 is 0 Å². The minimum atomic E-state index is 0.665. The van der Waals surface area contributed by atoms with Gasteiger partial charge in [-0.1, -0.05) is 140 Å². The Balaban J connectivity index is 1.22. The number of hydrogen-bond donors (Lipinski definition) is 0. The van der Waals surface area contributed by atoms with Crippen molar-refractivity contribution in [3.05, 3.63) is 170 Å². The van der Waals surface area contributed by atoms with E-state index in [0.29, 0.717) is 5.82 Å². The fourth-order valence-electron chi connectivity index (χ4n) is 7.28. The maximum absolute atomic E-state index is 6.67. The lowest BCUT2D eigenvalue weighted by Gasteiger charge is -2.12. The van der Waals surface area contributed by atoms with Crippen LogP contribution in [0.15, 0.2) is 174 Å². The van der Waals surface area contributed by atoms with Gasteiger partial charge in [-0.25, -0.2) is 9.97 Å². The summed E-state index contributed by atoms with van der Waals surface area (Å²) in [5.74, 6) is 0.665. The van der Waals surface area contributed by atoms with Crippen LogP contribution in [0.4, 0.5) is 0 Å². The van der Waals surface area contributed by atoms with E-state index in [1.165, 1.54) is 27.3 Å². The normalized spacial score (nSPS) is 11.7. The average molecular weight is 625 g/mol. The number of benzene rings is 8. The van der Waals surface area contributed by atoms with Crippen LogP contribution in [0.1, 0.15) is 0 Å².